The van der Waals surface area contributed by atoms with Crippen LogP contribution in [-0.4, -0.2) is 15.0 Å². The minimum atomic E-state index is -3.65. The summed E-state index contributed by atoms with van der Waals surface area (Å²) < 4.78 is 39.9. The Bertz CT molecular complexity index is 522. The van der Waals surface area contributed by atoms with Gasteiger partial charge in [0.1, 0.15) is 11.9 Å². The molecular formula is C9H10FN3O2S. The van der Waals surface area contributed by atoms with Gasteiger partial charge in [0.15, 0.2) is 0 Å². The van der Waals surface area contributed by atoms with E-state index in [1.54, 1.807) is 13.0 Å². The Labute approximate surface area is 93.1 Å². The minimum Gasteiger partial charge on any atom is -0.271 e. The largest absolute Gasteiger partial charge is 0.299 e. The number of rotatable bonds is 4. The molecule has 0 saturated heterocycles. The van der Waals surface area contributed by atoms with Gasteiger partial charge < -0.3 is 0 Å². The second kappa shape index (κ2) is 4.92. The van der Waals surface area contributed by atoms with Crippen molar-refractivity contribution in [2.45, 2.75) is 6.92 Å². The predicted octanol–water partition coefficient (Wildman–Crippen LogP) is 0.964. The first-order valence-corrected chi connectivity index (χ1v) is 5.94. The molecule has 86 valence electrons. The number of hydrogen-bond donors (Lipinski definition) is 2. The molecule has 1 aromatic carbocycles. The van der Waals surface area contributed by atoms with Crippen molar-refractivity contribution in [2.75, 3.05) is 11.3 Å². The average Bonchev–Trinajstić information content (AvgIpc) is 2.20. The molecule has 0 atom stereocenters. The van der Waals surface area contributed by atoms with Crippen LogP contribution in [0.1, 0.15) is 12.5 Å². The highest BCUT2D eigenvalue weighted by molar-refractivity contribution is 7.90. The zero-order valence-electron chi connectivity index (χ0n) is 8.49. The highest BCUT2D eigenvalue weighted by Crippen LogP contribution is 2.14. The van der Waals surface area contributed by atoms with Crippen LogP contribution in [0.15, 0.2) is 18.2 Å². The second-order valence-electron chi connectivity index (χ2n) is 2.91. The van der Waals surface area contributed by atoms with Crippen LogP contribution in [0.2, 0.25) is 0 Å². The van der Waals surface area contributed by atoms with Gasteiger partial charge in [-0.05, 0) is 18.2 Å². The van der Waals surface area contributed by atoms with Gasteiger partial charge in [0.2, 0.25) is 0 Å². The summed E-state index contributed by atoms with van der Waals surface area (Å²) in [7, 11) is -3.65. The standard InChI is InChI=1S/C9H10FN3O2S/c1-2-12-16(14,15)13-8-3-4-9(10)7(5-8)6-11/h3-5,12-13H,2H2,1H3. The lowest BCUT2D eigenvalue weighted by Crippen LogP contribution is -2.29. The van der Waals surface area contributed by atoms with Gasteiger partial charge in [-0.3, -0.25) is 4.72 Å². The Morgan fingerprint density at radius 3 is 2.75 bits per heavy atom. The Morgan fingerprint density at radius 2 is 2.19 bits per heavy atom. The smallest absolute Gasteiger partial charge is 0.271 e. The van der Waals surface area contributed by atoms with Crippen LogP contribution in [0.5, 0.6) is 0 Å². The number of anilines is 1. The van der Waals surface area contributed by atoms with E-state index in [4.69, 9.17) is 5.26 Å². The van der Waals surface area contributed by atoms with Gasteiger partial charge in [-0.25, -0.2) is 4.39 Å². The molecule has 1 aromatic rings. The van der Waals surface area contributed by atoms with Crippen LogP contribution < -0.4 is 9.44 Å². The molecule has 0 aliphatic carbocycles. The molecule has 2 N–H and O–H groups in total. The van der Waals surface area contributed by atoms with Crippen LogP contribution >= 0.6 is 0 Å². The number of benzene rings is 1. The van der Waals surface area contributed by atoms with Crippen LogP contribution in [0.3, 0.4) is 0 Å². The molecule has 0 heterocycles. The van der Waals surface area contributed by atoms with Crippen LogP contribution in [0.4, 0.5) is 10.1 Å². The molecule has 5 nitrogen and oxygen atoms in total. The van der Waals surface area contributed by atoms with Crippen molar-refractivity contribution in [2.24, 2.45) is 0 Å². The Hall–Kier alpha value is -1.65. The van der Waals surface area contributed by atoms with E-state index in [2.05, 4.69) is 9.44 Å². The van der Waals surface area contributed by atoms with E-state index in [9.17, 15) is 12.8 Å². The first kappa shape index (κ1) is 12.4. The molecule has 0 bridgehead atoms. The highest BCUT2D eigenvalue weighted by atomic mass is 32.2. The van der Waals surface area contributed by atoms with E-state index in [0.717, 1.165) is 12.1 Å². The summed E-state index contributed by atoms with van der Waals surface area (Å²) in [6.45, 7) is 1.87. The fourth-order valence-electron chi connectivity index (χ4n) is 1.06. The fraction of sp³-hybridized carbons (Fsp3) is 0.222. The molecule has 1 rings (SSSR count). The fourth-order valence-corrected chi connectivity index (χ4v) is 1.95. The summed E-state index contributed by atoms with van der Waals surface area (Å²) in [4.78, 5) is 0. The molecule has 0 amide bonds. The number of hydrogen-bond acceptors (Lipinski definition) is 3. The van der Waals surface area contributed by atoms with Crippen molar-refractivity contribution in [3.8, 4) is 6.07 Å². The van der Waals surface area contributed by atoms with Gasteiger partial charge in [0.05, 0.1) is 11.3 Å². The normalized spacial score (nSPS) is 10.8. The maximum absolute atomic E-state index is 12.9. The third-order valence-corrected chi connectivity index (χ3v) is 2.85. The van der Waals surface area contributed by atoms with Gasteiger partial charge in [-0.2, -0.15) is 18.4 Å². The summed E-state index contributed by atoms with van der Waals surface area (Å²) in [5.41, 5.74) is -0.0735. The second-order valence-corrected chi connectivity index (χ2v) is 4.41. The number of nitrogens with one attached hydrogen (secondary N) is 2. The number of nitriles is 1. The molecule has 16 heavy (non-hydrogen) atoms. The molecule has 0 saturated carbocycles. The zero-order chi connectivity index (χ0) is 12.2. The summed E-state index contributed by atoms with van der Waals surface area (Å²) in [5, 5.41) is 8.56. The minimum absolute atomic E-state index is 0.138. The topological polar surface area (TPSA) is 82.0 Å². The quantitative estimate of drug-likeness (QED) is 0.826. The summed E-state index contributed by atoms with van der Waals surface area (Å²) in [6.07, 6.45) is 0. The molecule has 0 radical (unpaired) electrons. The summed E-state index contributed by atoms with van der Waals surface area (Å²) in [5.74, 6) is -0.686. The molecule has 0 aromatic heterocycles. The first-order valence-electron chi connectivity index (χ1n) is 4.45. The van der Waals surface area contributed by atoms with Gasteiger partial charge in [-0.15, -0.1) is 0 Å². The van der Waals surface area contributed by atoms with Gasteiger partial charge >= 0.3 is 0 Å². The van der Waals surface area contributed by atoms with Crippen molar-refractivity contribution in [1.29, 1.82) is 5.26 Å². The van der Waals surface area contributed by atoms with Crippen molar-refractivity contribution in [3.05, 3.63) is 29.6 Å². The predicted molar refractivity (Wildman–Crippen MR) is 57.3 cm³/mol. The molecular weight excluding hydrogens is 233 g/mol. The van der Waals surface area contributed by atoms with E-state index < -0.39 is 16.0 Å². The SMILES string of the molecule is CCNS(=O)(=O)Nc1ccc(F)c(C#N)c1. The van der Waals surface area contributed by atoms with E-state index in [1.165, 1.54) is 6.07 Å². The number of halogens is 1. The third kappa shape index (κ3) is 3.18. The number of nitrogens with zero attached hydrogens (tertiary/aromatic N) is 1. The van der Waals surface area contributed by atoms with Gasteiger partial charge in [0.25, 0.3) is 10.2 Å². The Balaban J connectivity index is 2.96. The van der Waals surface area contributed by atoms with Crippen molar-refractivity contribution >= 4 is 15.9 Å². The summed E-state index contributed by atoms with van der Waals surface area (Å²) in [6, 6.07) is 5.02. The lowest BCUT2D eigenvalue weighted by molar-refractivity contribution is 0.589. The van der Waals surface area contributed by atoms with Gasteiger partial charge in [-0.1, -0.05) is 6.92 Å². The monoisotopic (exact) mass is 243 g/mol. The molecule has 7 heteroatoms. The maximum Gasteiger partial charge on any atom is 0.299 e. The Morgan fingerprint density at radius 1 is 1.50 bits per heavy atom. The van der Waals surface area contributed by atoms with Crippen LogP contribution in [-0.2, 0) is 10.2 Å². The van der Waals surface area contributed by atoms with E-state index in [0.29, 0.717) is 0 Å². The molecule has 0 aliphatic rings. The van der Waals surface area contributed by atoms with Gasteiger partial charge in [0, 0.05) is 6.54 Å². The lowest BCUT2D eigenvalue weighted by atomic mass is 10.2. The van der Waals surface area contributed by atoms with E-state index >= 15 is 0 Å². The summed E-state index contributed by atoms with van der Waals surface area (Å²) >= 11 is 0. The van der Waals surface area contributed by atoms with Crippen molar-refractivity contribution in [1.82, 2.24) is 4.72 Å². The Kier molecular flexibility index (Phi) is 3.82. The third-order valence-electron chi connectivity index (χ3n) is 1.67. The lowest BCUT2D eigenvalue weighted by Gasteiger charge is -2.07. The highest BCUT2D eigenvalue weighted by Gasteiger charge is 2.09. The molecule has 0 spiro atoms. The van der Waals surface area contributed by atoms with Crippen LogP contribution in [0, 0.1) is 17.1 Å². The molecule has 0 unspecified atom stereocenters. The zero-order valence-corrected chi connectivity index (χ0v) is 9.31. The average molecular weight is 243 g/mol. The van der Waals surface area contributed by atoms with E-state index in [1.807, 2.05) is 0 Å². The van der Waals surface area contributed by atoms with Crippen LogP contribution in [0.25, 0.3) is 0 Å². The molecule has 0 aliphatic heterocycles. The first-order chi connectivity index (χ1) is 7.48. The maximum atomic E-state index is 12.9. The van der Waals surface area contributed by atoms with Crippen molar-refractivity contribution in [3.63, 3.8) is 0 Å². The molecule has 0 fully saturated rings. The van der Waals surface area contributed by atoms with E-state index in [-0.39, 0.29) is 17.8 Å². The van der Waals surface area contributed by atoms with Crippen molar-refractivity contribution < 1.29 is 12.8 Å².